The van der Waals surface area contributed by atoms with Crippen LogP contribution in [0.15, 0.2) is 48.5 Å². The maximum absolute atomic E-state index is 12.1. The maximum atomic E-state index is 12.1. The third kappa shape index (κ3) is 3.57. The van der Waals surface area contributed by atoms with E-state index in [1.807, 2.05) is 55.5 Å². The molecule has 1 aliphatic heterocycles. The molecule has 0 bridgehead atoms. The molecule has 4 rings (SSSR count). The van der Waals surface area contributed by atoms with Gasteiger partial charge in [-0.05, 0) is 18.6 Å². The summed E-state index contributed by atoms with van der Waals surface area (Å²) < 4.78 is 11.8. The van der Waals surface area contributed by atoms with E-state index in [2.05, 4.69) is 15.5 Å². The summed E-state index contributed by atoms with van der Waals surface area (Å²) in [6.07, 6.45) is 0. The van der Waals surface area contributed by atoms with Gasteiger partial charge in [0.1, 0.15) is 6.61 Å². The number of nitrogens with zero attached hydrogens (tertiary/aromatic N) is 1. The van der Waals surface area contributed by atoms with Crippen LogP contribution in [0.2, 0.25) is 0 Å². The first-order valence-electron chi connectivity index (χ1n) is 8.97. The zero-order valence-electron chi connectivity index (χ0n) is 15.7. The van der Waals surface area contributed by atoms with Crippen LogP contribution in [0.25, 0.3) is 0 Å². The number of carbonyl (C=O) groups is 1. The Morgan fingerprint density at radius 3 is 2.79 bits per heavy atom. The molecule has 1 amide bonds. The van der Waals surface area contributed by atoms with Gasteiger partial charge in [-0.1, -0.05) is 42.5 Å². The van der Waals surface area contributed by atoms with Crippen LogP contribution in [0.3, 0.4) is 0 Å². The van der Waals surface area contributed by atoms with Crippen molar-refractivity contribution >= 4 is 23.5 Å². The van der Waals surface area contributed by atoms with Crippen LogP contribution >= 0.6 is 11.8 Å². The van der Waals surface area contributed by atoms with Gasteiger partial charge in [-0.3, -0.25) is 9.89 Å². The second kappa shape index (κ2) is 7.98. The molecule has 0 spiro atoms. The number of rotatable bonds is 5. The smallest absolute Gasteiger partial charge is 0.235 e. The Morgan fingerprint density at radius 2 is 2.00 bits per heavy atom. The van der Waals surface area contributed by atoms with Crippen LogP contribution in [-0.4, -0.2) is 29.0 Å². The molecule has 144 valence electrons. The molecule has 0 aliphatic carbocycles. The zero-order chi connectivity index (χ0) is 19.5. The number of hydrogen-bond donors (Lipinski definition) is 2. The number of methoxy groups -OCH3 is 1. The molecular formula is C21H21N3O3S. The van der Waals surface area contributed by atoms with Gasteiger partial charge in [-0.25, -0.2) is 0 Å². The molecule has 2 aromatic carbocycles. The van der Waals surface area contributed by atoms with Crippen LogP contribution in [0, 0.1) is 6.92 Å². The van der Waals surface area contributed by atoms with E-state index >= 15 is 0 Å². The van der Waals surface area contributed by atoms with Crippen molar-refractivity contribution in [3.05, 3.63) is 70.9 Å². The molecule has 6 nitrogen and oxygen atoms in total. The molecular weight excluding hydrogens is 374 g/mol. The van der Waals surface area contributed by atoms with Gasteiger partial charge in [0.15, 0.2) is 17.3 Å². The number of thioether (sulfide) groups is 1. The maximum Gasteiger partial charge on any atom is 0.235 e. The highest BCUT2D eigenvalue weighted by Crippen LogP contribution is 2.47. The van der Waals surface area contributed by atoms with Gasteiger partial charge in [0.25, 0.3) is 0 Å². The van der Waals surface area contributed by atoms with Crippen LogP contribution in [0.5, 0.6) is 11.5 Å². The summed E-state index contributed by atoms with van der Waals surface area (Å²) in [6, 6.07) is 15.9. The molecule has 0 fully saturated rings. The van der Waals surface area contributed by atoms with Gasteiger partial charge >= 0.3 is 0 Å². The second-order valence-electron chi connectivity index (χ2n) is 6.50. The number of fused-ring (bicyclic) bond motifs is 1. The Labute approximate surface area is 167 Å². The average Bonchev–Trinajstić information content (AvgIpc) is 2.98. The number of para-hydroxylation sites is 1. The molecule has 0 saturated carbocycles. The molecule has 28 heavy (non-hydrogen) atoms. The first-order valence-corrected chi connectivity index (χ1v) is 10.0. The Hall–Kier alpha value is -2.93. The second-order valence-corrected chi connectivity index (χ2v) is 7.60. The first kappa shape index (κ1) is 18.4. The number of amides is 1. The van der Waals surface area contributed by atoms with Crippen LogP contribution in [-0.2, 0) is 11.4 Å². The number of aryl methyl sites for hydroxylation is 1. The van der Waals surface area contributed by atoms with Gasteiger partial charge < -0.3 is 14.8 Å². The summed E-state index contributed by atoms with van der Waals surface area (Å²) in [5.41, 5.74) is 3.92. The predicted octanol–water partition coefficient (Wildman–Crippen LogP) is 4.08. The monoisotopic (exact) mass is 395 g/mol. The number of aromatic nitrogens is 2. The van der Waals surface area contributed by atoms with Crippen molar-refractivity contribution in [2.24, 2.45) is 0 Å². The van der Waals surface area contributed by atoms with Gasteiger partial charge in [0, 0.05) is 16.8 Å². The molecule has 0 saturated heterocycles. The highest BCUT2D eigenvalue weighted by Gasteiger charge is 2.31. The molecule has 1 aromatic heterocycles. The molecule has 1 unspecified atom stereocenters. The van der Waals surface area contributed by atoms with Crippen LogP contribution in [0.1, 0.15) is 27.6 Å². The molecule has 2 N–H and O–H groups in total. The van der Waals surface area contributed by atoms with E-state index in [-0.39, 0.29) is 11.2 Å². The number of benzene rings is 2. The molecule has 0 radical (unpaired) electrons. The number of ether oxygens (including phenoxy) is 2. The average molecular weight is 395 g/mol. The fraction of sp³-hybridized carbons (Fsp3) is 0.238. The number of hydrogen-bond acceptors (Lipinski definition) is 5. The van der Waals surface area contributed by atoms with Crippen LogP contribution < -0.4 is 14.8 Å². The summed E-state index contributed by atoms with van der Waals surface area (Å²) in [5.74, 6) is 2.22. The van der Waals surface area contributed by atoms with E-state index < -0.39 is 0 Å². The summed E-state index contributed by atoms with van der Waals surface area (Å²) in [5, 5.41) is 10.0. The number of anilines is 1. The van der Waals surface area contributed by atoms with E-state index in [0.717, 1.165) is 22.4 Å². The van der Waals surface area contributed by atoms with Crippen molar-refractivity contribution in [1.82, 2.24) is 10.2 Å². The fourth-order valence-electron chi connectivity index (χ4n) is 3.29. The lowest BCUT2D eigenvalue weighted by molar-refractivity contribution is -0.113. The highest BCUT2D eigenvalue weighted by atomic mass is 32.2. The Balaban J connectivity index is 1.75. The molecule has 3 aromatic rings. The number of H-pyrrole nitrogens is 1. The lowest BCUT2D eigenvalue weighted by atomic mass is 10.0. The van der Waals surface area contributed by atoms with Gasteiger partial charge in [0.2, 0.25) is 5.91 Å². The quantitative estimate of drug-likeness (QED) is 0.681. The Bertz CT molecular complexity index is 988. The van der Waals surface area contributed by atoms with Gasteiger partial charge in [-0.15, -0.1) is 11.8 Å². The minimum Gasteiger partial charge on any atom is -0.493 e. The van der Waals surface area contributed by atoms with Crippen molar-refractivity contribution < 1.29 is 14.3 Å². The van der Waals surface area contributed by atoms with E-state index in [1.165, 1.54) is 0 Å². The minimum atomic E-state index is -0.103. The minimum absolute atomic E-state index is 0.0603. The normalized spacial score (nSPS) is 16.1. The number of carbonyl (C=O) groups excluding carboxylic acids is 1. The standard InChI is InChI=1S/C21H21N3O3S/c1-13-18-20(28-12-17(25)22-21(18)24-23-13)15-9-6-10-16(26-2)19(15)27-11-14-7-4-3-5-8-14/h3-10,20H,11-12H2,1-2H3,(H2,22,23,24,25). The third-order valence-corrected chi connectivity index (χ3v) is 5.89. The van der Waals surface area contributed by atoms with E-state index in [1.54, 1.807) is 18.9 Å². The predicted molar refractivity (Wildman–Crippen MR) is 110 cm³/mol. The molecule has 7 heteroatoms. The topological polar surface area (TPSA) is 76.2 Å². The number of aromatic amines is 1. The SMILES string of the molecule is COc1cccc(C2SCC(=O)Nc3n[nH]c(C)c32)c1OCc1ccccc1. The third-order valence-electron chi connectivity index (χ3n) is 4.63. The fourth-order valence-corrected chi connectivity index (χ4v) is 4.50. The first-order chi connectivity index (χ1) is 13.7. The summed E-state index contributed by atoms with van der Waals surface area (Å²) in [7, 11) is 1.63. The lowest BCUT2D eigenvalue weighted by Crippen LogP contribution is -2.12. The van der Waals surface area contributed by atoms with Crippen LogP contribution in [0.4, 0.5) is 5.82 Å². The lowest BCUT2D eigenvalue weighted by Gasteiger charge is -2.21. The van der Waals surface area contributed by atoms with Crippen molar-refractivity contribution in [2.75, 3.05) is 18.2 Å². The van der Waals surface area contributed by atoms with E-state index in [0.29, 0.717) is 29.7 Å². The zero-order valence-corrected chi connectivity index (χ0v) is 16.5. The molecule has 1 aliphatic rings. The largest absolute Gasteiger partial charge is 0.493 e. The van der Waals surface area contributed by atoms with Gasteiger partial charge in [0.05, 0.1) is 18.1 Å². The highest BCUT2D eigenvalue weighted by molar-refractivity contribution is 8.00. The van der Waals surface area contributed by atoms with Crippen molar-refractivity contribution in [2.45, 2.75) is 18.8 Å². The van der Waals surface area contributed by atoms with Gasteiger partial charge in [-0.2, -0.15) is 5.10 Å². The summed E-state index contributed by atoms with van der Waals surface area (Å²) in [6.45, 7) is 2.39. The Morgan fingerprint density at radius 1 is 1.18 bits per heavy atom. The summed E-state index contributed by atoms with van der Waals surface area (Å²) >= 11 is 1.55. The van der Waals surface area contributed by atoms with Crippen molar-refractivity contribution in [1.29, 1.82) is 0 Å². The summed E-state index contributed by atoms with van der Waals surface area (Å²) in [4.78, 5) is 12.1. The molecule has 1 atom stereocenters. The number of nitrogens with one attached hydrogen (secondary N) is 2. The molecule has 2 heterocycles. The van der Waals surface area contributed by atoms with E-state index in [4.69, 9.17) is 9.47 Å². The van der Waals surface area contributed by atoms with Crippen molar-refractivity contribution in [3.63, 3.8) is 0 Å². The Kier molecular flexibility index (Phi) is 5.25. The van der Waals surface area contributed by atoms with Crippen molar-refractivity contribution in [3.8, 4) is 11.5 Å². The van der Waals surface area contributed by atoms with E-state index in [9.17, 15) is 4.79 Å².